The monoisotopic (exact) mass is 426 g/mol. The fraction of sp³-hybridized carbons (Fsp3) is 0.0909. The standard InChI is InChI=1S/C22H24BrN2P/c1-16(17(2)21-14-19(23)9-11-22(21)24)8-10-20(26)12-13-25-15-18-6-4-3-5-7-18/h3-14,25H,2,15,24,26H2,1H3/b13-12+,16-8-,20-10+. The predicted octanol–water partition coefficient (Wildman–Crippen LogP) is 6.05. The summed E-state index contributed by atoms with van der Waals surface area (Å²) in [7, 11) is 2.73. The van der Waals surface area contributed by atoms with Crippen molar-refractivity contribution in [1.82, 2.24) is 5.32 Å². The molecule has 0 bridgehead atoms. The first kappa shape index (κ1) is 20.2. The van der Waals surface area contributed by atoms with Crippen LogP contribution < -0.4 is 11.1 Å². The van der Waals surface area contributed by atoms with E-state index in [-0.39, 0.29) is 0 Å². The van der Waals surface area contributed by atoms with E-state index < -0.39 is 0 Å². The quantitative estimate of drug-likeness (QED) is 0.321. The molecular formula is C22H24BrN2P. The fourth-order valence-corrected chi connectivity index (χ4v) is 2.86. The van der Waals surface area contributed by atoms with Gasteiger partial charge >= 0.3 is 0 Å². The molecule has 2 aromatic carbocycles. The molecule has 0 fully saturated rings. The zero-order valence-corrected chi connectivity index (χ0v) is 17.6. The molecule has 0 radical (unpaired) electrons. The van der Waals surface area contributed by atoms with Crippen LogP contribution in [0.2, 0.25) is 0 Å². The molecule has 0 aliphatic carbocycles. The predicted molar refractivity (Wildman–Crippen MR) is 122 cm³/mol. The van der Waals surface area contributed by atoms with Gasteiger partial charge in [-0.05, 0) is 59.4 Å². The minimum Gasteiger partial charge on any atom is -0.398 e. The van der Waals surface area contributed by atoms with E-state index in [0.717, 1.165) is 38.7 Å². The van der Waals surface area contributed by atoms with Gasteiger partial charge in [-0.15, -0.1) is 9.24 Å². The van der Waals surface area contributed by atoms with Gasteiger partial charge in [-0.1, -0.05) is 65.0 Å². The van der Waals surface area contributed by atoms with Gasteiger partial charge in [0.25, 0.3) is 0 Å². The Hall–Kier alpha value is -2.09. The summed E-state index contributed by atoms with van der Waals surface area (Å²) in [6, 6.07) is 16.1. The third kappa shape index (κ3) is 6.33. The normalized spacial score (nSPS) is 12.4. The zero-order valence-electron chi connectivity index (χ0n) is 14.9. The van der Waals surface area contributed by atoms with E-state index in [1.165, 1.54) is 5.56 Å². The highest BCUT2D eigenvalue weighted by atomic mass is 79.9. The lowest BCUT2D eigenvalue weighted by molar-refractivity contribution is 0.870. The van der Waals surface area contributed by atoms with Crippen molar-refractivity contribution in [1.29, 1.82) is 0 Å². The Kier molecular flexibility index (Phi) is 7.90. The maximum atomic E-state index is 6.07. The number of benzene rings is 2. The molecule has 0 saturated heterocycles. The highest BCUT2D eigenvalue weighted by Crippen LogP contribution is 2.29. The summed E-state index contributed by atoms with van der Waals surface area (Å²) >= 11 is 3.48. The number of nitrogen functional groups attached to an aromatic ring is 1. The highest BCUT2D eigenvalue weighted by Gasteiger charge is 2.05. The summed E-state index contributed by atoms with van der Waals surface area (Å²) < 4.78 is 0.991. The molecule has 0 aliphatic rings. The largest absolute Gasteiger partial charge is 0.398 e. The van der Waals surface area contributed by atoms with Crippen molar-refractivity contribution in [2.75, 3.05) is 5.73 Å². The van der Waals surface area contributed by atoms with Crippen molar-refractivity contribution in [2.24, 2.45) is 0 Å². The van der Waals surface area contributed by atoms with Gasteiger partial charge in [0.2, 0.25) is 0 Å². The Morgan fingerprint density at radius 3 is 2.65 bits per heavy atom. The van der Waals surface area contributed by atoms with E-state index in [9.17, 15) is 0 Å². The maximum Gasteiger partial charge on any atom is 0.0395 e. The Labute approximate surface area is 166 Å². The van der Waals surface area contributed by atoms with Gasteiger partial charge in [-0.25, -0.2) is 0 Å². The molecule has 134 valence electrons. The van der Waals surface area contributed by atoms with E-state index in [1.54, 1.807) is 0 Å². The van der Waals surface area contributed by atoms with Gasteiger partial charge in [-0.2, -0.15) is 0 Å². The Balaban J connectivity index is 1.96. The molecule has 2 aromatic rings. The van der Waals surface area contributed by atoms with E-state index >= 15 is 0 Å². The van der Waals surface area contributed by atoms with Crippen LogP contribution in [0.25, 0.3) is 5.57 Å². The van der Waals surface area contributed by atoms with Crippen molar-refractivity contribution in [2.45, 2.75) is 13.5 Å². The number of nitrogens with one attached hydrogen (secondary N) is 1. The zero-order chi connectivity index (χ0) is 18.9. The maximum absolute atomic E-state index is 6.07. The number of rotatable bonds is 7. The lowest BCUT2D eigenvalue weighted by Gasteiger charge is -2.10. The molecule has 2 nitrogen and oxygen atoms in total. The molecule has 26 heavy (non-hydrogen) atoms. The summed E-state index contributed by atoms with van der Waals surface area (Å²) in [5.74, 6) is 0. The number of hydrogen-bond acceptors (Lipinski definition) is 2. The Bertz CT molecular complexity index is 852. The minimum atomic E-state index is 0.728. The van der Waals surface area contributed by atoms with Crippen LogP contribution >= 0.6 is 25.2 Å². The highest BCUT2D eigenvalue weighted by molar-refractivity contribution is 9.10. The smallest absolute Gasteiger partial charge is 0.0395 e. The number of allylic oxidation sites excluding steroid dienone is 6. The second-order valence-electron chi connectivity index (χ2n) is 5.93. The summed E-state index contributed by atoms with van der Waals surface area (Å²) in [4.78, 5) is 0. The average molecular weight is 427 g/mol. The van der Waals surface area contributed by atoms with Crippen LogP contribution in [0, 0.1) is 0 Å². The number of halogens is 1. The van der Waals surface area contributed by atoms with Crippen LogP contribution in [-0.4, -0.2) is 0 Å². The molecule has 4 heteroatoms. The minimum absolute atomic E-state index is 0.728. The molecule has 1 atom stereocenters. The molecule has 0 heterocycles. The van der Waals surface area contributed by atoms with Crippen molar-refractivity contribution >= 4 is 36.4 Å². The van der Waals surface area contributed by atoms with Crippen LogP contribution in [0.1, 0.15) is 18.1 Å². The first-order valence-corrected chi connectivity index (χ1v) is 9.67. The van der Waals surface area contributed by atoms with Crippen molar-refractivity contribution in [3.8, 4) is 0 Å². The summed E-state index contributed by atoms with van der Waals surface area (Å²) in [5, 5.41) is 4.36. The van der Waals surface area contributed by atoms with Gasteiger partial charge in [0.05, 0.1) is 0 Å². The molecule has 2 rings (SSSR count). The van der Waals surface area contributed by atoms with E-state index in [0.29, 0.717) is 0 Å². The van der Waals surface area contributed by atoms with Crippen LogP contribution in [0.5, 0.6) is 0 Å². The van der Waals surface area contributed by atoms with Gasteiger partial charge in [-0.3, -0.25) is 0 Å². The Morgan fingerprint density at radius 2 is 1.92 bits per heavy atom. The SMILES string of the molecule is C=C(\C(C)=C/C=C(P)\C=C\NCc1ccccc1)c1cc(Br)ccc1N. The third-order valence-electron chi connectivity index (χ3n) is 3.88. The molecule has 0 saturated carbocycles. The van der Waals surface area contributed by atoms with E-state index in [4.69, 9.17) is 5.73 Å². The second kappa shape index (κ2) is 10.2. The summed E-state index contributed by atoms with van der Waals surface area (Å²) in [6.07, 6.45) is 8.07. The molecule has 0 spiro atoms. The first-order valence-electron chi connectivity index (χ1n) is 8.30. The molecule has 3 N–H and O–H groups in total. The average Bonchev–Trinajstić information content (AvgIpc) is 2.65. The van der Waals surface area contributed by atoms with Crippen molar-refractivity contribution in [3.05, 3.63) is 106 Å². The fourth-order valence-electron chi connectivity index (χ4n) is 2.31. The van der Waals surface area contributed by atoms with Gasteiger partial charge in [0.1, 0.15) is 0 Å². The van der Waals surface area contributed by atoms with Crippen molar-refractivity contribution < 1.29 is 0 Å². The van der Waals surface area contributed by atoms with Crippen LogP contribution in [0.15, 0.2) is 94.9 Å². The lowest BCUT2D eigenvalue weighted by Crippen LogP contribution is -2.03. The summed E-state index contributed by atoms with van der Waals surface area (Å²) in [6.45, 7) is 7.02. The van der Waals surface area contributed by atoms with Crippen molar-refractivity contribution in [3.63, 3.8) is 0 Å². The number of anilines is 1. The van der Waals surface area contributed by atoms with E-state index in [2.05, 4.69) is 49.2 Å². The second-order valence-corrected chi connectivity index (χ2v) is 7.51. The lowest BCUT2D eigenvalue weighted by atomic mass is 9.99. The van der Waals surface area contributed by atoms with Gasteiger partial charge in [0.15, 0.2) is 0 Å². The molecule has 1 unspecified atom stereocenters. The summed E-state index contributed by atoms with van der Waals surface area (Å²) in [5.41, 5.74) is 11.0. The topological polar surface area (TPSA) is 38.0 Å². The van der Waals surface area contributed by atoms with Gasteiger partial charge in [0, 0.05) is 22.3 Å². The molecule has 0 amide bonds. The number of hydrogen-bond donors (Lipinski definition) is 2. The van der Waals surface area contributed by atoms with Crippen LogP contribution in [0.4, 0.5) is 5.69 Å². The molecular weight excluding hydrogens is 403 g/mol. The van der Waals surface area contributed by atoms with E-state index in [1.807, 2.05) is 67.7 Å². The Morgan fingerprint density at radius 1 is 1.19 bits per heavy atom. The van der Waals surface area contributed by atoms with Gasteiger partial charge < -0.3 is 11.1 Å². The third-order valence-corrected chi connectivity index (χ3v) is 4.76. The molecule has 0 aliphatic heterocycles. The van der Waals surface area contributed by atoms with Crippen LogP contribution in [0.3, 0.4) is 0 Å². The molecule has 0 aromatic heterocycles. The van der Waals surface area contributed by atoms with Crippen LogP contribution in [-0.2, 0) is 6.54 Å². The first-order chi connectivity index (χ1) is 12.5. The number of nitrogens with two attached hydrogens (primary N) is 1.